The van der Waals surface area contributed by atoms with Crippen LogP contribution in [0.2, 0.25) is 0 Å². The van der Waals surface area contributed by atoms with E-state index in [0.717, 1.165) is 12.8 Å². The Morgan fingerprint density at radius 2 is 1.83 bits per heavy atom. The van der Waals surface area contributed by atoms with E-state index in [4.69, 9.17) is 4.74 Å². The van der Waals surface area contributed by atoms with Crippen LogP contribution in [0.3, 0.4) is 0 Å². The van der Waals surface area contributed by atoms with Crippen LogP contribution in [0.4, 0.5) is 5.69 Å². The Hall–Kier alpha value is -3.15. The molecular weight excluding hydrogens is 368 g/mol. The monoisotopic (exact) mass is 394 g/mol. The summed E-state index contributed by atoms with van der Waals surface area (Å²) in [7, 11) is 0. The van der Waals surface area contributed by atoms with Gasteiger partial charge in [-0.1, -0.05) is 30.3 Å². The van der Waals surface area contributed by atoms with Gasteiger partial charge in [0, 0.05) is 25.2 Å². The fourth-order valence-electron chi connectivity index (χ4n) is 3.42. The van der Waals surface area contributed by atoms with Gasteiger partial charge in [-0.05, 0) is 49.6 Å². The van der Waals surface area contributed by atoms with E-state index >= 15 is 0 Å². The van der Waals surface area contributed by atoms with Crippen LogP contribution < -0.4 is 10.2 Å². The van der Waals surface area contributed by atoms with Gasteiger partial charge in [0.05, 0.1) is 18.1 Å². The maximum atomic E-state index is 12.4. The van der Waals surface area contributed by atoms with E-state index in [1.165, 1.54) is 5.56 Å². The highest BCUT2D eigenvalue weighted by atomic mass is 16.5. The fourth-order valence-corrected chi connectivity index (χ4v) is 3.42. The van der Waals surface area contributed by atoms with E-state index in [1.807, 2.05) is 18.2 Å². The molecule has 1 saturated heterocycles. The first kappa shape index (κ1) is 20.6. The van der Waals surface area contributed by atoms with Crippen LogP contribution in [0.25, 0.3) is 0 Å². The second-order valence-corrected chi connectivity index (χ2v) is 7.05. The summed E-state index contributed by atoms with van der Waals surface area (Å²) in [5.74, 6) is -0.918. The minimum Gasteiger partial charge on any atom is -0.462 e. The van der Waals surface area contributed by atoms with Crippen molar-refractivity contribution in [3.63, 3.8) is 0 Å². The molecule has 1 aliphatic rings. The minimum atomic E-state index is -0.389. The molecule has 0 saturated carbocycles. The third-order valence-electron chi connectivity index (χ3n) is 4.97. The Kier molecular flexibility index (Phi) is 7.00. The first-order valence-corrected chi connectivity index (χ1v) is 9.97. The normalized spacial score (nSPS) is 16.0. The van der Waals surface area contributed by atoms with Gasteiger partial charge in [0.2, 0.25) is 11.8 Å². The number of rotatable bonds is 8. The first-order valence-electron chi connectivity index (χ1n) is 9.97. The number of benzene rings is 2. The van der Waals surface area contributed by atoms with E-state index in [-0.39, 0.29) is 30.1 Å². The van der Waals surface area contributed by atoms with Crippen molar-refractivity contribution < 1.29 is 19.1 Å². The summed E-state index contributed by atoms with van der Waals surface area (Å²) in [6, 6.07) is 16.8. The number of ether oxygens (including phenoxy) is 1. The highest BCUT2D eigenvalue weighted by Crippen LogP contribution is 2.25. The van der Waals surface area contributed by atoms with Gasteiger partial charge in [-0.2, -0.15) is 0 Å². The van der Waals surface area contributed by atoms with Crippen molar-refractivity contribution in [2.45, 2.75) is 26.2 Å². The van der Waals surface area contributed by atoms with Gasteiger partial charge in [-0.15, -0.1) is 0 Å². The molecule has 1 atom stereocenters. The van der Waals surface area contributed by atoms with Crippen molar-refractivity contribution in [1.29, 1.82) is 0 Å². The van der Waals surface area contributed by atoms with Crippen LogP contribution in [-0.2, 0) is 20.7 Å². The summed E-state index contributed by atoms with van der Waals surface area (Å²) in [5.41, 5.74) is 2.37. The van der Waals surface area contributed by atoms with E-state index in [1.54, 1.807) is 36.1 Å². The molecule has 1 N–H and O–H groups in total. The maximum Gasteiger partial charge on any atom is 0.338 e. The highest BCUT2D eigenvalue weighted by molar-refractivity contribution is 6.00. The van der Waals surface area contributed by atoms with Gasteiger partial charge < -0.3 is 15.0 Å². The number of anilines is 1. The quantitative estimate of drug-likeness (QED) is 0.552. The van der Waals surface area contributed by atoms with Gasteiger partial charge >= 0.3 is 5.97 Å². The van der Waals surface area contributed by atoms with Crippen molar-refractivity contribution in [1.82, 2.24) is 5.32 Å². The number of nitrogens with one attached hydrogen (secondary N) is 1. The number of amides is 2. The third kappa shape index (κ3) is 5.44. The predicted molar refractivity (Wildman–Crippen MR) is 111 cm³/mol. The molecule has 2 amide bonds. The number of nitrogens with zero attached hydrogens (tertiary/aromatic N) is 1. The molecule has 152 valence electrons. The molecule has 29 heavy (non-hydrogen) atoms. The van der Waals surface area contributed by atoms with E-state index in [2.05, 4.69) is 17.4 Å². The molecular formula is C23H26N2O4. The molecule has 6 nitrogen and oxygen atoms in total. The lowest BCUT2D eigenvalue weighted by molar-refractivity contribution is -0.126. The van der Waals surface area contributed by atoms with E-state index in [9.17, 15) is 14.4 Å². The van der Waals surface area contributed by atoms with Crippen LogP contribution in [0.5, 0.6) is 0 Å². The van der Waals surface area contributed by atoms with Crippen LogP contribution in [0.1, 0.15) is 35.7 Å². The Bertz CT molecular complexity index is 849. The lowest BCUT2D eigenvalue weighted by atomic mass is 10.1. The van der Waals surface area contributed by atoms with Crippen LogP contribution in [0, 0.1) is 5.92 Å². The summed E-state index contributed by atoms with van der Waals surface area (Å²) in [6.45, 7) is 3.00. The average Bonchev–Trinajstić information content (AvgIpc) is 3.14. The minimum absolute atomic E-state index is 0.0849. The zero-order valence-electron chi connectivity index (χ0n) is 16.6. The van der Waals surface area contributed by atoms with Crippen LogP contribution in [0.15, 0.2) is 54.6 Å². The van der Waals surface area contributed by atoms with Gasteiger partial charge in [-0.3, -0.25) is 9.59 Å². The topological polar surface area (TPSA) is 75.7 Å². The molecule has 1 unspecified atom stereocenters. The van der Waals surface area contributed by atoms with Crippen molar-refractivity contribution in [2.75, 3.05) is 24.6 Å². The molecule has 0 aliphatic carbocycles. The predicted octanol–water partition coefficient (Wildman–Crippen LogP) is 2.97. The molecule has 1 fully saturated rings. The molecule has 0 aromatic heterocycles. The third-order valence-corrected chi connectivity index (χ3v) is 4.97. The van der Waals surface area contributed by atoms with Gasteiger partial charge in [0.1, 0.15) is 0 Å². The second-order valence-electron chi connectivity index (χ2n) is 7.05. The number of esters is 1. The number of carbonyl (C=O) groups is 3. The number of hydrogen-bond donors (Lipinski definition) is 1. The van der Waals surface area contributed by atoms with Crippen molar-refractivity contribution in [3.05, 3.63) is 65.7 Å². The van der Waals surface area contributed by atoms with Crippen molar-refractivity contribution in [2.24, 2.45) is 5.92 Å². The molecule has 1 aliphatic heterocycles. The summed E-state index contributed by atoms with van der Waals surface area (Å²) in [4.78, 5) is 38.2. The Morgan fingerprint density at radius 1 is 1.10 bits per heavy atom. The molecule has 0 bridgehead atoms. The van der Waals surface area contributed by atoms with Gasteiger partial charge in [0.25, 0.3) is 0 Å². The fraction of sp³-hybridized carbons (Fsp3) is 0.348. The van der Waals surface area contributed by atoms with E-state index < -0.39 is 0 Å². The largest absolute Gasteiger partial charge is 0.462 e. The van der Waals surface area contributed by atoms with Gasteiger partial charge in [0.15, 0.2) is 0 Å². The lowest BCUT2D eigenvalue weighted by Gasteiger charge is -2.17. The Labute approximate surface area is 170 Å². The molecule has 2 aromatic carbocycles. The number of hydrogen-bond acceptors (Lipinski definition) is 4. The SMILES string of the molecule is CCOC(=O)c1ccc(N2CC(C(=O)NCCCc3ccccc3)CC2=O)cc1. The zero-order valence-corrected chi connectivity index (χ0v) is 16.6. The molecule has 0 radical (unpaired) electrons. The molecule has 3 rings (SSSR count). The smallest absolute Gasteiger partial charge is 0.338 e. The van der Waals surface area contributed by atoms with Crippen LogP contribution >= 0.6 is 0 Å². The standard InChI is InChI=1S/C23H26N2O4/c1-2-29-23(28)18-10-12-20(13-11-18)25-16-19(15-21(25)26)22(27)24-14-6-9-17-7-4-3-5-8-17/h3-5,7-8,10-13,19H,2,6,9,14-16H2,1H3,(H,24,27). The molecule has 6 heteroatoms. The first-order chi connectivity index (χ1) is 14.1. The average molecular weight is 394 g/mol. The second kappa shape index (κ2) is 9.87. The Balaban J connectivity index is 1.49. The zero-order chi connectivity index (χ0) is 20.6. The summed E-state index contributed by atoms with van der Waals surface area (Å²) >= 11 is 0. The summed E-state index contributed by atoms with van der Waals surface area (Å²) < 4.78 is 4.97. The highest BCUT2D eigenvalue weighted by Gasteiger charge is 2.35. The summed E-state index contributed by atoms with van der Waals surface area (Å²) in [6.07, 6.45) is 1.96. The van der Waals surface area contributed by atoms with Crippen molar-refractivity contribution in [3.8, 4) is 0 Å². The summed E-state index contributed by atoms with van der Waals surface area (Å²) in [5, 5.41) is 2.95. The number of aryl methyl sites for hydroxylation is 1. The number of carbonyl (C=O) groups excluding carboxylic acids is 3. The lowest BCUT2D eigenvalue weighted by Crippen LogP contribution is -2.33. The maximum absolute atomic E-state index is 12.4. The van der Waals surface area contributed by atoms with E-state index in [0.29, 0.717) is 30.9 Å². The van der Waals surface area contributed by atoms with Crippen LogP contribution in [-0.4, -0.2) is 37.5 Å². The molecule has 0 spiro atoms. The van der Waals surface area contributed by atoms with Crippen molar-refractivity contribution >= 4 is 23.5 Å². The molecule has 1 heterocycles. The van der Waals surface area contributed by atoms with Gasteiger partial charge in [-0.25, -0.2) is 4.79 Å². The molecule has 2 aromatic rings. The Morgan fingerprint density at radius 3 is 2.52 bits per heavy atom.